The van der Waals surface area contributed by atoms with Gasteiger partial charge in [-0.2, -0.15) is 11.8 Å². The van der Waals surface area contributed by atoms with E-state index in [9.17, 15) is 14.4 Å². The number of carbonyl (C=O) groups is 3. The fourth-order valence-corrected chi connectivity index (χ4v) is 2.98. The number of thioether (sulfide) groups is 1. The van der Waals surface area contributed by atoms with Gasteiger partial charge in [-0.1, -0.05) is 23.2 Å². The zero-order valence-electron chi connectivity index (χ0n) is 15.8. The number of nitrogens with zero attached hydrogens (tertiary/aromatic N) is 1. The Bertz CT molecular complexity index is 685. The van der Waals surface area contributed by atoms with Crippen LogP contribution in [0.3, 0.4) is 0 Å². The Morgan fingerprint density at radius 1 is 1.26 bits per heavy atom. The van der Waals surface area contributed by atoms with Crippen molar-refractivity contribution in [3.8, 4) is 0 Å². The number of benzene rings is 1. The van der Waals surface area contributed by atoms with Gasteiger partial charge in [0, 0.05) is 18.1 Å². The van der Waals surface area contributed by atoms with Crippen LogP contribution in [0.4, 0.5) is 0 Å². The van der Waals surface area contributed by atoms with Gasteiger partial charge in [0.1, 0.15) is 6.04 Å². The maximum Gasteiger partial charge on any atom is 0.329 e. The number of hydrogen-bond donors (Lipinski definition) is 1. The molecule has 0 saturated heterocycles. The molecule has 6 nitrogen and oxygen atoms in total. The molecule has 0 aliphatic rings. The van der Waals surface area contributed by atoms with Gasteiger partial charge in [-0.05, 0) is 50.5 Å². The first-order chi connectivity index (χ1) is 12.7. The molecule has 0 saturated carbocycles. The van der Waals surface area contributed by atoms with Crippen molar-refractivity contribution in [1.82, 2.24) is 10.2 Å². The lowest BCUT2D eigenvalue weighted by molar-refractivity contribution is -0.153. The molecule has 9 heteroatoms. The number of nitrogens with one attached hydrogen (secondary N) is 1. The van der Waals surface area contributed by atoms with Gasteiger partial charge in [0.05, 0.1) is 10.6 Å². The van der Waals surface area contributed by atoms with E-state index < -0.39 is 17.9 Å². The zero-order valence-corrected chi connectivity index (χ0v) is 18.1. The van der Waals surface area contributed by atoms with E-state index >= 15 is 0 Å². The third-order valence-corrected chi connectivity index (χ3v) is 5.07. The highest BCUT2D eigenvalue weighted by atomic mass is 35.5. The standard InChI is InChI=1S/C18H24Cl2N2O4S/c1-11(2)22(3)16(23)10-26-18(25)15(7-8-27-4)21-17(24)13-6-5-12(19)9-14(13)20/h5-6,9,11,15H,7-8,10H2,1-4H3,(H,21,24). The summed E-state index contributed by atoms with van der Waals surface area (Å²) in [5.74, 6) is -0.846. The number of ether oxygens (including phenoxy) is 1. The van der Waals surface area contributed by atoms with Crippen molar-refractivity contribution in [2.24, 2.45) is 0 Å². The molecule has 0 heterocycles. The summed E-state index contributed by atoms with van der Waals surface area (Å²) in [5.41, 5.74) is 0.207. The van der Waals surface area contributed by atoms with E-state index in [1.165, 1.54) is 34.9 Å². The van der Waals surface area contributed by atoms with Crippen LogP contribution in [-0.2, 0) is 14.3 Å². The second-order valence-electron chi connectivity index (χ2n) is 6.14. The molecule has 0 aliphatic carbocycles. The van der Waals surface area contributed by atoms with Gasteiger partial charge < -0.3 is 15.0 Å². The SMILES string of the molecule is CSCCC(NC(=O)c1ccc(Cl)cc1Cl)C(=O)OCC(=O)N(C)C(C)C. The summed E-state index contributed by atoms with van der Waals surface area (Å²) in [7, 11) is 1.64. The van der Waals surface area contributed by atoms with Gasteiger partial charge in [-0.15, -0.1) is 0 Å². The Labute approximate surface area is 173 Å². The summed E-state index contributed by atoms with van der Waals surface area (Å²) < 4.78 is 5.11. The molecule has 0 aliphatic heterocycles. The minimum atomic E-state index is -0.881. The summed E-state index contributed by atoms with van der Waals surface area (Å²) in [4.78, 5) is 38.3. The third-order valence-electron chi connectivity index (χ3n) is 3.88. The highest BCUT2D eigenvalue weighted by Crippen LogP contribution is 2.21. The summed E-state index contributed by atoms with van der Waals surface area (Å²) >= 11 is 13.4. The number of amides is 2. The molecule has 1 unspecified atom stereocenters. The summed E-state index contributed by atoms with van der Waals surface area (Å²) in [6, 6.07) is 3.59. The first-order valence-corrected chi connectivity index (χ1v) is 10.5. The van der Waals surface area contributed by atoms with E-state index in [2.05, 4.69) is 5.32 Å². The average molecular weight is 435 g/mol. The van der Waals surface area contributed by atoms with Crippen LogP contribution >= 0.6 is 35.0 Å². The summed E-state index contributed by atoms with van der Waals surface area (Å²) in [6.07, 6.45) is 2.26. The average Bonchev–Trinajstić information content (AvgIpc) is 2.61. The Morgan fingerprint density at radius 2 is 1.93 bits per heavy atom. The maximum atomic E-state index is 12.5. The Morgan fingerprint density at radius 3 is 2.48 bits per heavy atom. The number of esters is 1. The smallest absolute Gasteiger partial charge is 0.329 e. The molecule has 1 N–H and O–H groups in total. The normalized spacial score (nSPS) is 11.8. The van der Waals surface area contributed by atoms with Crippen molar-refractivity contribution in [2.45, 2.75) is 32.4 Å². The molecule has 150 valence electrons. The minimum Gasteiger partial charge on any atom is -0.454 e. The van der Waals surface area contributed by atoms with E-state index in [0.717, 1.165) is 0 Å². The fraction of sp³-hybridized carbons (Fsp3) is 0.500. The maximum absolute atomic E-state index is 12.5. The molecule has 0 fully saturated rings. The quantitative estimate of drug-likeness (QED) is 0.603. The van der Waals surface area contributed by atoms with E-state index in [1.807, 2.05) is 20.1 Å². The van der Waals surface area contributed by atoms with E-state index in [-0.39, 0.29) is 29.1 Å². The van der Waals surface area contributed by atoms with Crippen molar-refractivity contribution in [2.75, 3.05) is 25.7 Å². The van der Waals surface area contributed by atoms with Crippen molar-refractivity contribution in [3.63, 3.8) is 0 Å². The topological polar surface area (TPSA) is 75.7 Å². The second-order valence-corrected chi connectivity index (χ2v) is 7.97. The lowest BCUT2D eigenvalue weighted by Gasteiger charge is -2.22. The molecule has 0 bridgehead atoms. The number of carbonyl (C=O) groups excluding carboxylic acids is 3. The molecule has 2 amide bonds. The number of hydrogen-bond acceptors (Lipinski definition) is 5. The lowest BCUT2D eigenvalue weighted by Crippen LogP contribution is -2.44. The summed E-state index contributed by atoms with van der Waals surface area (Å²) in [6.45, 7) is 3.34. The van der Waals surface area contributed by atoms with Crippen molar-refractivity contribution in [3.05, 3.63) is 33.8 Å². The Kier molecular flexibility index (Phi) is 9.98. The zero-order chi connectivity index (χ0) is 20.6. The van der Waals surface area contributed by atoms with Crippen LogP contribution in [-0.4, -0.2) is 60.4 Å². The second kappa shape index (κ2) is 11.4. The predicted octanol–water partition coefficient (Wildman–Crippen LogP) is 3.25. The van der Waals surface area contributed by atoms with Gasteiger partial charge in [-0.25, -0.2) is 4.79 Å². The van der Waals surface area contributed by atoms with Crippen molar-refractivity contribution >= 4 is 52.7 Å². The molecule has 1 aromatic carbocycles. The molecular formula is C18H24Cl2N2O4S. The van der Waals surface area contributed by atoms with Gasteiger partial charge in [-0.3, -0.25) is 9.59 Å². The monoisotopic (exact) mass is 434 g/mol. The van der Waals surface area contributed by atoms with Gasteiger partial charge in [0.25, 0.3) is 11.8 Å². The van der Waals surface area contributed by atoms with E-state index in [0.29, 0.717) is 17.2 Å². The molecule has 0 radical (unpaired) electrons. The van der Waals surface area contributed by atoms with Crippen molar-refractivity contribution in [1.29, 1.82) is 0 Å². The number of likely N-dealkylation sites (N-methyl/N-ethyl adjacent to an activating group) is 1. The first-order valence-electron chi connectivity index (χ1n) is 8.34. The fourth-order valence-electron chi connectivity index (χ4n) is 2.02. The lowest BCUT2D eigenvalue weighted by atomic mass is 10.1. The number of rotatable bonds is 9. The predicted molar refractivity (Wildman–Crippen MR) is 110 cm³/mol. The highest BCUT2D eigenvalue weighted by molar-refractivity contribution is 7.98. The van der Waals surface area contributed by atoms with Crippen LogP contribution in [0.1, 0.15) is 30.6 Å². The molecular weight excluding hydrogens is 411 g/mol. The van der Waals surface area contributed by atoms with Gasteiger partial charge >= 0.3 is 5.97 Å². The van der Waals surface area contributed by atoms with E-state index in [1.54, 1.807) is 7.05 Å². The van der Waals surface area contributed by atoms with Crippen LogP contribution in [0.25, 0.3) is 0 Å². The molecule has 0 spiro atoms. The third kappa shape index (κ3) is 7.60. The molecule has 0 aromatic heterocycles. The molecule has 1 atom stereocenters. The molecule has 27 heavy (non-hydrogen) atoms. The van der Waals surface area contributed by atoms with Crippen LogP contribution in [0, 0.1) is 0 Å². The highest BCUT2D eigenvalue weighted by Gasteiger charge is 2.25. The van der Waals surface area contributed by atoms with E-state index in [4.69, 9.17) is 27.9 Å². The van der Waals surface area contributed by atoms with Crippen LogP contribution in [0.2, 0.25) is 10.0 Å². The van der Waals surface area contributed by atoms with Crippen LogP contribution in [0.15, 0.2) is 18.2 Å². The minimum absolute atomic E-state index is 0.00441. The first kappa shape index (κ1) is 23.6. The van der Waals surface area contributed by atoms with Crippen LogP contribution in [0.5, 0.6) is 0 Å². The Hall–Kier alpha value is -1.44. The Balaban J connectivity index is 2.77. The van der Waals surface area contributed by atoms with Crippen LogP contribution < -0.4 is 5.32 Å². The summed E-state index contributed by atoms with van der Waals surface area (Å²) in [5, 5.41) is 3.22. The molecule has 1 aromatic rings. The van der Waals surface area contributed by atoms with Gasteiger partial charge in [0.2, 0.25) is 0 Å². The largest absolute Gasteiger partial charge is 0.454 e. The molecule has 1 rings (SSSR count). The van der Waals surface area contributed by atoms with Gasteiger partial charge in [0.15, 0.2) is 6.61 Å². The number of halogens is 2. The van der Waals surface area contributed by atoms with Crippen molar-refractivity contribution < 1.29 is 19.1 Å².